The van der Waals surface area contributed by atoms with Gasteiger partial charge in [0.15, 0.2) is 0 Å². The molecule has 0 spiro atoms. The van der Waals surface area contributed by atoms with E-state index in [1.165, 1.54) is 0 Å². The molecule has 0 amide bonds. The molecule has 0 unspecified atom stereocenters. The first-order valence-electron chi connectivity index (χ1n) is 11.1. The van der Waals surface area contributed by atoms with Crippen LogP contribution in [-0.2, 0) is 15.4 Å². The van der Waals surface area contributed by atoms with E-state index in [2.05, 4.69) is 33.0 Å². The molecular weight excluding hydrogens is 411 g/mol. The first-order valence-corrected chi connectivity index (χ1v) is 12.9. The number of phenolic OH excluding ortho intramolecular Hbond substituents is 1. The highest BCUT2D eigenvalue weighted by Crippen LogP contribution is 2.46. The lowest BCUT2D eigenvalue weighted by atomic mass is 9.77. The first kappa shape index (κ1) is 26.2. The average molecular weight is 455 g/mol. The largest absolute Gasteiger partial charge is 0.507 e. The monoisotopic (exact) mass is 454 g/mol. The molecule has 0 radical (unpaired) electrons. The van der Waals surface area contributed by atoms with Gasteiger partial charge in [-0.3, -0.25) is 4.57 Å². The van der Waals surface area contributed by atoms with Gasteiger partial charge < -0.3 is 25.1 Å². The molecule has 0 atom stereocenters. The Kier molecular flexibility index (Phi) is 6.80. The molecule has 0 saturated carbocycles. The molecular formula is C24H43N2O4P. The van der Waals surface area contributed by atoms with Crippen molar-refractivity contribution >= 4 is 13.3 Å². The van der Waals surface area contributed by atoms with Gasteiger partial charge in [0, 0.05) is 33.9 Å². The summed E-state index contributed by atoms with van der Waals surface area (Å²) in [5.74, 6) is 0.269. The van der Waals surface area contributed by atoms with Gasteiger partial charge in [-0.2, -0.15) is 0 Å². The van der Waals surface area contributed by atoms with E-state index < -0.39 is 7.60 Å². The van der Waals surface area contributed by atoms with E-state index in [9.17, 15) is 19.5 Å². The van der Waals surface area contributed by atoms with E-state index in [0.29, 0.717) is 0 Å². The van der Waals surface area contributed by atoms with Crippen LogP contribution < -0.4 is 10.2 Å². The van der Waals surface area contributed by atoms with Gasteiger partial charge in [0.05, 0.1) is 0 Å². The zero-order valence-electron chi connectivity index (χ0n) is 21.0. The van der Waals surface area contributed by atoms with Crippen molar-refractivity contribution in [1.82, 2.24) is 5.32 Å². The lowest BCUT2D eigenvalue weighted by Gasteiger charge is -2.50. The highest BCUT2D eigenvalue weighted by molar-refractivity contribution is 7.51. The number of hydrogen-bond donors (Lipinski definition) is 4. The van der Waals surface area contributed by atoms with E-state index in [1.54, 1.807) is 0 Å². The summed E-state index contributed by atoms with van der Waals surface area (Å²) >= 11 is 0. The molecule has 4 N–H and O–H groups in total. The maximum Gasteiger partial charge on any atom is 0.344 e. The lowest BCUT2D eigenvalue weighted by molar-refractivity contribution is 0.159. The van der Waals surface area contributed by atoms with Crippen molar-refractivity contribution < 1.29 is 19.5 Å². The lowest BCUT2D eigenvalue weighted by Crippen LogP contribution is -2.62. The topological polar surface area (TPSA) is 93.0 Å². The quantitative estimate of drug-likeness (QED) is 0.465. The second-order valence-corrected chi connectivity index (χ2v) is 14.2. The molecule has 1 saturated heterocycles. The zero-order chi connectivity index (χ0) is 24.2. The minimum Gasteiger partial charge on any atom is -0.507 e. The van der Waals surface area contributed by atoms with Crippen LogP contribution in [0.25, 0.3) is 0 Å². The summed E-state index contributed by atoms with van der Waals surface area (Å²) in [6.07, 6.45) is 1.17. The summed E-state index contributed by atoms with van der Waals surface area (Å²) < 4.78 is 12.2. The standard InChI is InChI=1S/C24H43N2O4P/c1-21(2,3)18-11-16(12-19(20(18)27)22(4,5)6)26(15-31(28,29)30)17-13-23(7,8)25-24(9,10)14-17/h11-12,17,25,27H,13-15H2,1-10H3,(H2,28,29,30). The third-order valence-corrected chi connectivity index (χ3v) is 6.66. The second kappa shape index (κ2) is 8.06. The Morgan fingerprint density at radius 3 is 1.68 bits per heavy atom. The van der Waals surface area contributed by atoms with Crippen molar-refractivity contribution in [2.45, 2.75) is 110 Å². The fraction of sp³-hybridized carbons (Fsp3) is 0.750. The molecule has 31 heavy (non-hydrogen) atoms. The van der Waals surface area contributed by atoms with Crippen LogP contribution in [0.4, 0.5) is 5.69 Å². The molecule has 178 valence electrons. The van der Waals surface area contributed by atoms with Crippen molar-refractivity contribution in [3.05, 3.63) is 23.3 Å². The third kappa shape index (κ3) is 6.71. The third-order valence-electron chi connectivity index (χ3n) is 5.99. The van der Waals surface area contributed by atoms with E-state index >= 15 is 0 Å². The number of aromatic hydroxyl groups is 1. The van der Waals surface area contributed by atoms with Gasteiger partial charge in [0.25, 0.3) is 0 Å². The normalized spacial score (nSPS) is 20.0. The molecule has 7 heteroatoms. The maximum absolute atomic E-state index is 12.2. The van der Waals surface area contributed by atoms with Crippen molar-refractivity contribution in [1.29, 1.82) is 0 Å². The minimum atomic E-state index is -4.32. The highest BCUT2D eigenvalue weighted by Gasteiger charge is 2.42. The highest BCUT2D eigenvalue weighted by atomic mass is 31.2. The zero-order valence-corrected chi connectivity index (χ0v) is 21.9. The van der Waals surface area contributed by atoms with Crippen molar-refractivity contribution in [3.8, 4) is 5.75 Å². The molecule has 6 nitrogen and oxygen atoms in total. The Balaban J connectivity index is 2.73. The minimum absolute atomic E-state index is 0.0518. The van der Waals surface area contributed by atoms with Crippen LogP contribution in [0.5, 0.6) is 5.75 Å². The molecule has 1 aromatic rings. The van der Waals surface area contributed by atoms with Crippen LogP contribution in [0.3, 0.4) is 0 Å². The summed E-state index contributed by atoms with van der Waals surface area (Å²) in [5, 5.41) is 14.7. The predicted molar refractivity (Wildman–Crippen MR) is 129 cm³/mol. The number of anilines is 1. The van der Waals surface area contributed by atoms with Crippen molar-refractivity contribution in [3.63, 3.8) is 0 Å². The van der Waals surface area contributed by atoms with Crippen LogP contribution in [0.1, 0.15) is 93.2 Å². The smallest absolute Gasteiger partial charge is 0.344 e. The number of phenols is 1. The molecule has 1 aromatic carbocycles. The van der Waals surface area contributed by atoms with Crippen molar-refractivity contribution in [2.75, 3.05) is 11.2 Å². The molecule has 2 rings (SSSR count). The van der Waals surface area contributed by atoms with Gasteiger partial charge >= 0.3 is 7.60 Å². The summed E-state index contributed by atoms with van der Waals surface area (Å²) in [6.45, 7) is 20.8. The van der Waals surface area contributed by atoms with E-state index in [-0.39, 0.29) is 40.0 Å². The number of rotatable bonds is 4. The van der Waals surface area contributed by atoms with Gasteiger partial charge in [-0.05, 0) is 63.5 Å². The molecule has 1 aliphatic rings. The molecule has 1 aliphatic heterocycles. The summed E-state index contributed by atoms with van der Waals surface area (Å²) in [5.41, 5.74) is 1.36. The number of benzene rings is 1. The molecule has 1 fully saturated rings. The van der Waals surface area contributed by atoms with Gasteiger partial charge in [-0.1, -0.05) is 41.5 Å². The number of nitrogens with zero attached hydrogens (tertiary/aromatic N) is 1. The molecule has 0 bridgehead atoms. The molecule has 0 aromatic heterocycles. The Hall–Kier alpha value is -1.07. The number of hydrogen-bond acceptors (Lipinski definition) is 4. The van der Waals surface area contributed by atoms with Gasteiger partial charge in [0.2, 0.25) is 0 Å². The number of nitrogens with one attached hydrogen (secondary N) is 1. The van der Waals surface area contributed by atoms with E-state index in [4.69, 9.17) is 0 Å². The maximum atomic E-state index is 12.2. The van der Waals surface area contributed by atoms with Gasteiger partial charge in [-0.25, -0.2) is 0 Å². The van der Waals surface area contributed by atoms with Crippen LogP contribution in [0.15, 0.2) is 12.1 Å². The Morgan fingerprint density at radius 2 is 1.35 bits per heavy atom. The van der Waals surface area contributed by atoms with Crippen LogP contribution in [-0.4, -0.2) is 38.3 Å². The van der Waals surface area contributed by atoms with E-state index in [1.807, 2.05) is 58.6 Å². The molecule has 1 heterocycles. The predicted octanol–water partition coefficient (Wildman–Crippen LogP) is 5.24. The summed E-state index contributed by atoms with van der Waals surface area (Å²) in [6, 6.07) is 3.79. The van der Waals surface area contributed by atoms with Gasteiger partial charge in [0.1, 0.15) is 12.0 Å². The number of piperidine rings is 1. The Morgan fingerprint density at radius 1 is 0.968 bits per heavy atom. The average Bonchev–Trinajstić information content (AvgIpc) is 2.46. The van der Waals surface area contributed by atoms with E-state index in [0.717, 1.165) is 29.7 Å². The molecule has 0 aliphatic carbocycles. The summed E-state index contributed by atoms with van der Waals surface area (Å²) in [4.78, 5) is 21.8. The van der Waals surface area contributed by atoms with Crippen molar-refractivity contribution in [2.24, 2.45) is 0 Å². The fourth-order valence-corrected chi connectivity index (χ4v) is 5.81. The Bertz CT molecular complexity index is 808. The fourth-order valence-electron chi connectivity index (χ4n) is 5.02. The first-order chi connectivity index (χ1) is 13.6. The summed E-state index contributed by atoms with van der Waals surface area (Å²) in [7, 11) is -4.32. The second-order valence-electron chi connectivity index (χ2n) is 12.6. The Labute approximate surface area is 188 Å². The van der Waals surface area contributed by atoms with Crippen LogP contribution in [0.2, 0.25) is 0 Å². The SMILES string of the molecule is CC1(C)CC(N(CP(=O)(O)O)c2cc(C(C)(C)C)c(O)c(C(C)(C)C)c2)CC(C)(C)N1. The van der Waals surface area contributed by atoms with Crippen LogP contribution in [0, 0.1) is 0 Å². The van der Waals surface area contributed by atoms with Gasteiger partial charge in [-0.15, -0.1) is 0 Å². The van der Waals surface area contributed by atoms with Crippen LogP contribution >= 0.6 is 7.60 Å².